The van der Waals surface area contributed by atoms with Crippen LogP contribution in [0, 0.1) is 11.6 Å². The quantitative estimate of drug-likeness (QED) is 0.302. The number of nitrogens with one attached hydrogen (secondary N) is 1. The molecule has 34 heavy (non-hydrogen) atoms. The summed E-state index contributed by atoms with van der Waals surface area (Å²) in [5.74, 6) is -0.734. The molecule has 0 radical (unpaired) electrons. The molecule has 4 rings (SSSR count). The van der Waals surface area contributed by atoms with E-state index in [2.05, 4.69) is 33.9 Å². The molecule has 4 nitrogen and oxygen atoms in total. The third-order valence-corrected chi connectivity index (χ3v) is 6.34. The molecule has 1 aromatic heterocycles. The summed E-state index contributed by atoms with van der Waals surface area (Å²) >= 11 is -0.128. The number of hydrogen-bond acceptors (Lipinski definition) is 5. The molecule has 2 aromatic carbocycles. The molecule has 1 saturated heterocycles. The molecule has 0 spiro atoms. The predicted molar refractivity (Wildman–Crippen MR) is 124 cm³/mol. The van der Waals surface area contributed by atoms with Gasteiger partial charge in [0.15, 0.2) is 0 Å². The molecular weight excluding hydrogens is 471 g/mol. The molecule has 1 aliphatic heterocycles. The molecule has 1 N–H and O–H groups in total. The second kappa shape index (κ2) is 9.42. The maximum absolute atomic E-state index is 14.0. The van der Waals surface area contributed by atoms with Crippen molar-refractivity contribution in [3.63, 3.8) is 0 Å². The topological polar surface area (TPSA) is 31.4 Å². The summed E-state index contributed by atoms with van der Waals surface area (Å²) in [6.45, 7) is 6.06. The van der Waals surface area contributed by atoms with Gasteiger partial charge in [-0.25, -0.2) is 13.8 Å². The maximum atomic E-state index is 14.0. The third-order valence-electron chi connectivity index (χ3n) is 5.60. The Morgan fingerprint density at radius 2 is 1.76 bits per heavy atom. The molecule has 3 aromatic rings. The van der Waals surface area contributed by atoms with Crippen molar-refractivity contribution in [1.82, 2.24) is 9.88 Å². The van der Waals surface area contributed by atoms with Gasteiger partial charge in [0.1, 0.15) is 17.5 Å². The fourth-order valence-electron chi connectivity index (χ4n) is 3.90. The minimum absolute atomic E-state index is 0.00413. The van der Waals surface area contributed by atoms with Crippen LogP contribution in [0.4, 0.5) is 39.1 Å². The standard InChI is InChI=1S/C24H23F5N4S/c1-23(2)14-32(18-4-6-19(7-5-18)34-24(27,28)29)15-33(23)13-16-9-10-30-22(11-16)31-21-12-17(25)3-8-20(21)26/h3-12H,13-15H2,1-2H3,(H,30,31). The minimum Gasteiger partial charge on any atom is -0.357 e. The van der Waals surface area contributed by atoms with Crippen LogP contribution in [0.5, 0.6) is 0 Å². The average Bonchev–Trinajstić information content (AvgIpc) is 3.04. The predicted octanol–water partition coefficient (Wildman–Crippen LogP) is 6.77. The maximum Gasteiger partial charge on any atom is 0.446 e. The van der Waals surface area contributed by atoms with Gasteiger partial charge in [0.05, 0.1) is 12.4 Å². The first-order valence-corrected chi connectivity index (χ1v) is 11.3. The Morgan fingerprint density at radius 3 is 2.47 bits per heavy atom. The molecule has 0 atom stereocenters. The van der Waals surface area contributed by atoms with Gasteiger partial charge in [-0.1, -0.05) is 0 Å². The van der Waals surface area contributed by atoms with E-state index in [0.717, 1.165) is 29.4 Å². The lowest BCUT2D eigenvalue weighted by Crippen LogP contribution is -2.39. The van der Waals surface area contributed by atoms with Crippen LogP contribution in [0.3, 0.4) is 0 Å². The van der Waals surface area contributed by atoms with Crippen molar-refractivity contribution < 1.29 is 22.0 Å². The van der Waals surface area contributed by atoms with Crippen LogP contribution in [0.2, 0.25) is 0 Å². The first-order valence-electron chi connectivity index (χ1n) is 10.5. The number of hydrogen-bond donors (Lipinski definition) is 1. The zero-order valence-corrected chi connectivity index (χ0v) is 19.4. The average molecular weight is 495 g/mol. The van der Waals surface area contributed by atoms with Gasteiger partial charge in [-0.05, 0) is 79.7 Å². The fourth-order valence-corrected chi connectivity index (χ4v) is 4.44. The summed E-state index contributed by atoms with van der Waals surface area (Å²) in [5.41, 5.74) is -2.73. The highest BCUT2D eigenvalue weighted by Gasteiger charge is 2.37. The van der Waals surface area contributed by atoms with Crippen molar-refractivity contribution in [2.75, 3.05) is 23.4 Å². The fraction of sp³-hybridized carbons (Fsp3) is 0.292. The zero-order valence-electron chi connectivity index (χ0n) is 18.5. The van der Waals surface area contributed by atoms with Crippen molar-refractivity contribution in [3.8, 4) is 0 Å². The van der Waals surface area contributed by atoms with E-state index in [1.807, 2.05) is 6.07 Å². The molecular formula is C24H23F5N4S. The van der Waals surface area contributed by atoms with Gasteiger partial charge in [-0.3, -0.25) is 4.90 Å². The second-order valence-electron chi connectivity index (χ2n) is 8.69. The van der Waals surface area contributed by atoms with Crippen molar-refractivity contribution in [2.24, 2.45) is 0 Å². The molecule has 1 aliphatic rings. The van der Waals surface area contributed by atoms with Crippen molar-refractivity contribution in [1.29, 1.82) is 0 Å². The highest BCUT2D eigenvalue weighted by Crippen LogP contribution is 2.38. The highest BCUT2D eigenvalue weighted by atomic mass is 32.2. The number of halogens is 5. The van der Waals surface area contributed by atoms with Crippen LogP contribution in [0.15, 0.2) is 65.7 Å². The zero-order chi connectivity index (χ0) is 24.5. The van der Waals surface area contributed by atoms with Gasteiger partial charge in [0.25, 0.3) is 0 Å². The lowest BCUT2D eigenvalue weighted by molar-refractivity contribution is -0.0328. The Morgan fingerprint density at radius 1 is 1.03 bits per heavy atom. The van der Waals surface area contributed by atoms with Gasteiger partial charge in [-0.15, -0.1) is 0 Å². The van der Waals surface area contributed by atoms with E-state index in [-0.39, 0.29) is 27.9 Å². The minimum atomic E-state index is -4.31. The summed E-state index contributed by atoms with van der Waals surface area (Å²) < 4.78 is 65.2. The van der Waals surface area contributed by atoms with Gasteiger partial charge in [0.2, 0.25) is 0 Å². The molecule has 2 heterocycles. The first-order chi connectivity index (χ1) is 16.0. The summed E-state index contributed by atoms with van der Waals surface area (Å²) in [6, 6.07) is 13.2. The Balaban J connectivity index is 1.45. The SMILES string of the molecule is CC1(C)CN(c2ccc(SC(F)(F)F)cc2)CN1Cc1ccnc(Nc2cc(F)ccc2F)c1. The molecule has 0 saturated carbocycles. The Bertz CT molecular complexity index is 1150. The summed E-state index contributed by atoms with van der Waals surface area (Å²) in [5, 5.41) is 2.82. The highest BCUT2D eigenvalue weighted by molar-refractivity contribution is 8.00. The van der Waals surface area contributed by atoms with E-state index >= 15 is 0 Å². The van der Waals surface area contributed by atoms with Gasteiger partial charge in [0, 0.05) is 41.5 Å². The summed E-state index contributed by atoms with van der Waals surface area (Å²) in [6.07, 6.45) is 1.60. The van der Waals surface area contributed by atoms with E-state index in [4.69, 9.17) is 0 Å². The van der Waals surface area contributed by atoms with E-state index in [1.165, 1.54) is 12.1 Å². The monoisotopic (exact) mass is 494 g/mol. The molecule has 0 bridgehead atoms. The Hall–Kier alpha value is -2.85. The third kappa shape index (κ3) is 5.98. The number of nitrogens with zero attached hydrogens (tertiary/aromatic N) is 3. The number of benzene rings is 2. The molecule has 0 unspecified atom stereocenters. The lowest BCUT2D eigenvalue weighted by Gasteiger charge is -2.29. The van der Waals surface area contributed by atoms with Crippen LogP contribution in [-0.2, 0) is 6.54 Å². The van der Waals surface area contributed by atoms with E-state index in [0.29, 0.717) is 25.6 Å². The van der Waals surface area contributed by atoms with Crippen LogP contribution in [-0.4, -0.2) is 34.1 Å². The Kier molecular flexibility index (Phi) is 6.73. The smallest absolute Gasteiger partial charge is 0.357 e. The summed E-state index contributed by atoms with van der Waals surface area (Å²) in [4.78, 5) is 8.71. The van der Waals surface area contributed by atoms with Gasteiger partial charge < -0.3 is 10.2 Å². The van der Waals surface area contributed by atoms with E-state index in [9.17, 15) is 22.0 Å². The van der Waals surface area contributed by atoms with Gasteiger partial charge in [-0.2, -0.15) is 13.2 Å². The number of pyridine rings is 1. The van der Waals surface area contributed by atoms with Crippen molar-refractivity contribution >= 4 is 29.0 Å². The van der Waals surface area contributed by atoms with E-state index in [1.54, 1.807) is 24.4 Å². The van der Waals surface area contributed by atoms with Crippen LogP contribution >= 0.6 is 11.8 Å². The van der Waals surface area contributed by atoms with E-state index < -0.39 is 17.1 Å². The van der Waals surface area contributed by atoms with Crippen molar-refractivity contribution in [3.05, 3.63) is 78.0 Å². The summed E-state index contributed by atoms with van der Waals surface area (Å²) in [7, 11) is 0. The number of anilines is 3. The largest absolute Gasteiger partial charge is 0.446 e. The van der Waals surface area contributed by atoms with Crippen molar-refractivity contribution in [2.45, 2.75) is 36.3 Å². The lowest BCUT2D eigenvalue weighted by atomic mass is 10.0. The van der Waals surface area contributed by atoms with Crippen LogP contribution < -0.4 is 10.2 Å². The second-order valence-corrected chi connectivity index (χ2v) is 9.83. The number of alkyl halides is 3. The number of thioether (sulfide) groups is 1. The number of aromatic nitrogens is 1. The molecule has 0 amide bonds. The molecule has 1 fully saturated rings. The normalized spacial score (nSPS) is 16.1. The van der Waals surface area contributed by atoms with Gasteiger partial charge >= 0.3 is 5.51 Å². The molecule has 180 valence electrons. The number of rotatable bonds is 6. The Labute approximate surface area is 198 Å². The van der Waals surface area contributed by atoms with Crippen LogP contribution in [0.25, 0.3) is 0 Å². The molecule has 0 aliphatic carbocycles. The molecule has 10 heteroatoms. The first kappa shape index (κ1) is 24.3. The van der Waals surface area contributed by atoms with Crippen LogP contribution in [0.1, 0.15) is 19.4 Å².